The molecule has 1 saturated carbocycles. The molecule has 6 heteroatoms. The minimum absolute atomic E-state index is 0.0739. The lowest BCUT2D eigenvalue weighted by molar-refractivity contribution is -0.121. The molecule has 2 aromatic rings. The number of hydrogen-bond donors (Lipinski definition) is 2. The second kappa shape index (κ2) is 10.3. The Kier molecular flexibility index (Phi) is 7.54. The number of nitrogens with one attached hydrogen (secondary N) is 2. The molecule has 0 spiro atoms. The first-order valence-corrected chi connectivity index (χ1v) is 10.4. The van der Waals surface area contributed by atoms with Crippen LogP contribution in [0.2, 0.25) is 0 Å². The Morgan fingerprint density at radius 3 is 2.78 bits per heavy atom. The molecule has 1 aromatic heterocycles. The highest BCUT2D eigenvalue weighted by molar-refractivity contribution is 7.09. The highest BCUT2D eigenvalue weighted by atomic mass is 32.1. The third kappa shape index (κ3) is 6.26. The summed E-state index contributed by atoms with van der Waals surface area (Å²) < 4.78 is 11.3. The van der Waals surface area contributed by atoms with Crippen molar-refractivity contribution in [3.63, 3.8) is 0 Å². The summed E-state index contributed by atoms with van der Waals surface area (Å²) in [6.45, 7) is 1.47. The van der Waals surface area contributed by atoms with Gasteiger partial charge in [-0.25, -0.2) is 0 Å². The Morgan fingerprint density at radius 2 is 2.04 bits per heavy atom. The lowest BCUT2D eigenvalue weighted by Crippen LogP contribution is -2.41. The van der Waals surface area contributed by atoms with E-state index in [0.29, 0.717) is 31.5 Å². The van der Waals surface area contributed by atoms with Crippen molar-refractivity contribution in [2.24, 2.45) is 0 Å². The molecule has 0 radical (unpaired) electrons. The Morgan fingerprint density at radius 1 is 1.19 bits per heavy atom. The molecule has 5 nitrogen and oxygen atoms in total. The van der Waals surface area contributed by atoms with Gasteiger partial charge in [0.15, 0.2) is 11.5 Å². The lowest BCUT2D eigenvalue weighted by Gasteiger charge is -2.22. The van der Waals surface area contributed by atoms with Crippen LogP contribution in [0, 0.1) is 0 Å². The quantitative estimate of drug-likeness (QED) is 0.685. The van der Waals surface area contributed by atoms with Gasteiger partial charge in [0.25, 0.3) is 0 Å². The molecule has 0 aliphatic heterocycles. The van der Waals surface area contributed by atoms with E-state index in [4.69, 9.17) is 9.47 Å². The molecule has 2 N–H and O–H groups in total. The van der Waals surface area contributed by atoms with Crippen molar-refractivity contribution in [2.75, 3.05) is 13.7 Å². The molecule has 27 heavy (non-hydrogen) atoms. The van der Waals surface area contributed by atoms with Gasteiger partial charge in [0.1, 0.15) is 6.61 Å². The van der Waals surface area contributed by atoms with Crippen LogP contribution in [0.1, 0.15) is 42.5 Å². The first kappa shape index (κ1) is 19.7. The summed E-state index contributed by atoms with van der Waals surface area (Å²) in [6, 6.07) is 10.3. The predicted molar refractivity (Wildman–Crippen MR) is 108 cm³/mol. The Labute approximate surface area is 165 Å². The van der Waals surface area contributed by atoms with E-state index in [0.717, 1.165) is 24.2 Å². The van der Waals surface area contributed by atoms with Crippen LogP contribution in [-0.4, -0.2) is 25.6 Å². The molecule has 146 valence electrons. The smallest absolute Gasteiger partial charge is 0.234 e. The van der Waals surface area contributed by atoms with Gasteiger partial charge in [-0.3, -0.25) is 4.79 Å². The number of methoxy groups -OCH3 is 1. The fourth-order valence-corrected chi connectivity index (χ4v) is 3.95. The average Bonchev–Trinajstić information content (AvgIpc) is 3.21. The number of rotatable bonds is 9. The van der Waals surface area contributed by atoms with Gasteiger partial charge in [-0.1, -0.05) is 31.4 Å². The number of carbonyl (C=O) groups is 1. The fourth-order valence-electron chi connectivity index (χ4n) is 3.33. The van der Waals surface area contributed by atoms with Gasteiger partial charge in [0.05, 0.1) is 13.7 Å². The minimum Gasteiger partial charge on any atom is -0.493 e. The number of amides is 1. The monoisotopic (exact) mass is 388 g/mol. The Bertz CT molecular complexity index is 712. The van der Waals surface area contributed by atoms with Crippen LogP contribution < -0.4 is 20.1 Å². The van der Waals surface area contributed by atoms with Gasteiger partial charge >= 0.3 is 0 Å². The summed E-state index contributed by atoms with van der Waals surface area (Å²) in [5, 5.41) is 8.37. The summed E-state index contributed by atoms with van der Waals surface area (Å²) in [6.07, 6.45) is 5.95. The van der Waals surface area contributed by atoms with Crippen LogP contribution >= 0.6 is 11.3 Å². The molecule has 1 amide bonds. The van der Waals surface area contributed by atoms with Crippen molar-refractivity contribution in [3.8, 4) is 11.5 Å². The Balaban J connectivity index is 1.44. The van der Waals surface area contributed by atoms with Crippen LogP contribution in [0.4, 0.5) is 0 Å². The molecule has 0 bridgehead atoms. The SMILES string of the molecule is COc1cc(CNCC(=O)NC2CCCCC2)ccc1OCc1cccs1. The van der Waals surface area contributed by atoms with Gasteiger partial charge in [0.2, 0.25) is 5.91 Å². The number of hydrogen-bond acceptors (Lipinski definition) is 5. The molecule has 1 aliphatic rings. The van der Waals surface area contributed by atoms with Crippen LogP contribution in [0.15, 0.2) is 35.7 Å². The molecule has 1 heterocycles. The molecule has 3 rings (SSSR count). The number of benzene rings is 1. The van der Waals surface area contributed by atoms with E-state index in [-0.39, 0.29) is 5.91 Å². The van der Waals surface area contributed by atoms with Crippen molar-refractivity contribution < 1.29 is 14.3 Å². The van der Waals surface area contributed by atoms with Crippen molar-refractivity contribution in [1.29, 1.82) is 0 Å². The molecule has 0 unspecified atom stereocenters. The summed E-state index contributed by atoms with van der Waals surface area (Å²) in [4.78, 5) is 13.2. The maximum Gasteiger partial charge on any atom is 0.234 e. The van der Waals surface area contributed by atoms with E-state index < -0.39 is 0 Å². The number of thiophene rings is 1. The molecule has 0 atom stereocenters. The molecule has 1 aliphatic carbocycles. The summed E-state index contributed by atoms with van der Waals surface area (Å²) >= 11 is 1.67. The predicted octanol–water partition coefficient (Wildman–Crippen LogP) is 3.87. The molecular formula is C21H28N2O3S. The van der Waals surface area contributed by atoms with E-state index in [1.807, 2.05) is 35.7 Å². The van der Waals surface area contributed by atoms with E-state index >= 15 is 0 Å². The standard InChI is InChI=1S/C21H28N2O3S/c1-25-20-12-16(9-10-19(20)26-15-18-8-5-11-27-18)13-22-14-21(24)23-17-6-3-2-4-7-17/h5,8-12,17,22H,2-4,6-7,13-15H2,1H3,(H,23,24). The largest absolute Gasteiger partial charge is 0.493 e. The van der Waals surface area contributed by atoms with Crippen LogP contribution in [0.3, 0.4) is 0 Å². The highest BCUT2D eigenvalue weighted by Gasteiger charge is 2.15. The average molecular weight is 389 g/mol. The summed E-state index contributed by atoms with van der Waals surface area (Å²) in [7, 11) is 1.64. The van der Waals surface area contributed by atoms with Gasteiger partial charge in [0, 0.05) is 17.5 Å². The third-order valence-corrected chi connectivity index (χ3v) is 5.61. The van der Waals surface area contributed by atoms with Crippen molar-refractivity contribution in [3.05, 3.63) is 46.2 Å². The van der Waals surface area contributed by atoms with E-state index in [9.17, 15) is 4.79 Å². The van der Waals surface area contributed by atoms with E-state index in [1.165, 1.54) is 24.1 Å². The topological polar surface area (TPSA) is 59.6 Å². The van der Waals surface area contributed by atoms with Crippen LogP contribution in [-0.2, 0) is 17.9 Å². The van der Waals surface area contributed by atoms with Crippen molar-refractivity contribution >= 4 is 17.2 Å². The zero-order chi connectivity index (χ0) is 18.9. The highest BCUT2D eigenvalue weighted by Crippen LogP contribution is 2.29. The second-order valence-corrected chi connectivity index (χ2v) is 7.89. The number of carbonyl (C=O) groups excluding carboxylic acids is 1. The zero-order valence-corrected chi connectivity index (χ0v) is 16.6. The zero-order valence-electron chi connectivity index (χ0n) is 15.8. The maximum atomic E-state index is 12.1. The third-order valence-electron chi connectivity index (χ3n) is 4.76. The minimum atomic E-state index is 0.0739. The molecule has 0 saturated heterocycles. The van der Waals surface area contributed by atoms with Gasteiger partial charge < -0.3 is 20.1 Å². The van der Waals surface area contributed by atoms with Gasteiger partial charge in [-0.05, 0) is 42.0 Å². The lowest BCUT2D eigenvalue weighted by atomic mass is 9.95. The van der Waals surface area contributed by atoms with Crippen molar-refractivity contribution in [1.82, 2.24) is 10.6 Å². The molecule has 1 aromatic carbocycles. The first-order valence-electron chi connectivity index (χ1n) is 9.57. The normalized spacial score (nSPS) is 14.7. The van der Waals surface area contributed by atoms with E-state index in [2.05, 4.69) is 10.6 Å². The fraction of sp³-hybridized carbons (Fsp3) is 0.476. The van der Waals surface area contributed by atoms with Crippen molar-refractivity contribution in [2.45, 2.75) is 51.3 Å². The maximum absolute atomic E-state index is 12.1. The second-order valence-electron chi connectivity index (χ2n) is 6.86. The van der Waals surface area contributed by atoms with Crippen LogP contribution in [0.25, 0.3) is 0 Å². The van der Waals surface area contributed by atoms with Gasteiger partial charge in [-0.15, -0.1) is 11.3 Å². The number of ether oxygens (including phenoxy) is 2. The Hall–Kier alpha value is -2.05. The first-order chi connectivity index (χ1) is 13.2. The summed E-state index contributed by atoms with van der Waals surface area (Å²) in [5.74, 6) is 1.51. The molecule has 1 fully saturated rings. The van der Waals surface area contributed by atoms with Crippen LogP contribution in [0.5, 0.6) is 11.5 Å². The summed E-state index contributed by atoms with van der Waals surface area (Å²) in [5.41, 5.74) is 1.06. The van der Waals surface area contributed by atoms with E-state index in [1.54, 1.807) is 18.4 Å². The molecular weight excluding hydrogens is 360 g/mol. The van der Waals surface area contributed by atoms with Gasteiger partial charge in [-0.2, -0.15) is 0 Å².